The van der Waals surface area contributed by atoms with Crippen LogP contribution in [-0.2, 0) is 4.74 Å². The molecule has 110 valence electrons. The topological polar surface area (TPSA) is 84.0 Å². The predicted molar refractivity (Wildman–Crippen MR) is 78.3 cm³/mol. The number of hydrogen-bond acceptors (Lipinski definition) is 5. The molecule has 3 N–H and O–H groups in total. The van der Waals surface area contributed by atoms with Gasteiger partial charge in [-0.2, -0.15) is 0 Å². The van der Waals surface area contributed by atoms with Crippen molar-refractivity contribution in [2.45, 2.75) is 32.3 Å². The van der Waals surface area contributed by atoms with Crippen LogP contribution in [0.2, 0.25) is 0 Å². The lowest BCUT2D eigenvalue weighted by Crippen LogP contribution is -2.35. The monoisotopic (exact) mass is 278 g/mol. The minimum atomic E-state index is 0.0731. The highest BCUT2D eigenvalue weighted by Crippen LogP contribution is 2.20. The summed E-state index contributed by atoms with van der Waals surface area (Å²) in [6.45, 7) is 3.50. The first-order valence-corrected chi connectivity index (χ1v) is 6.90. The molecule has 1 aromatic heterocycles. The lowest BCUT2D eigenvalue weighted by molar-refractivity contribution is 0.0215. The fraction of sp³-hybridized carbons (Fsp3) is 0.571. The lowest BCUT2D eigenvalue weighted by atomic mass is 10.1. The molecule has 0 amide bonds. The second-order valence-electron chi connectivity index (χ2n) is 5.18. The number of anilines is 1. The second-order valence-corrected chi connectivity index (χ2v) is 5.18. The normalized spacial score (nSPS) is 19.9. The summed E-state index contributed by atoms with van der Waals surface area (Å²) in [5.74, 6) is 0.790. The first kappa shape index (κ1) is 14.6. The van der Waals surface area contributed by atoms with Crippen LogP contribution >= 0.6 is 0 Å². The molecule has 1 aliphatic heterocycles. The number of likely N-dealkylation sites (N-methyl/N-ethyl adjacent to an activating group) is 1. The second kappa shape index (κ2) is 6.56. The molecule has 0 aromatic carbocycles. The van der Waals surface area contributed by atoms with Crippen LogP contribution in [0.15, 0.2) is 17.3 Å². The molecule has 1 aromatic rings. The highest BCUT2D eigenvalue weighted by Gasteiger charge is 2.19. The minimum Gasteiger partial charge on any atom is -0.409 e. The van der Waals surface area contributed by atoms with Gasteiger partial charge in [-0.1, -0.05) is 5.16 Å². The first-order chi connectivity index (χ1) is 9.61. The molecule has 6 nitrogen and oxygen atoms in total. The number of ether oxygens (including phenoxy) is 1. The van der Waals surface area contributed by atoms with Crippen molar-refractivity contribution in [1.82, 2.24) is 4.98 Å². The Labute approximate surface area is 119 Å². The molecule has 1 unspecified atom stereocenters. The summed E-state index contributed by atoms with van der Waals surface area (Å²) in [6.07, 6.45) is 3.62. The zero-order chi connectivity index (χ0) is 14.5. The smallest absolute Gasteiger partial charge is 0.173 e. The van der Waals surface area contributed by atoms with Crippen LogP contribution in [0, 0.1) is 6.92 Å². The van der Waals surface area contributed by atoms with Gasteiger partial charge in [0.05, 0.1) is 11.7 Å². The molecule has 20 heavy (non-hydrogen) atoms. The van der Waals surface area contributed by atoms with Gasteiger partial charge in [-0.05, 0) is 38.3 Å². The van der Waals surface area contributed by atoms with E-state index < -0.39 is 0 Å². The fourth-order valence-corrected chi connectivity index (χ4v) is 2.43. The summed E-state index contributed by atoms with van der Waals surface area (Å²) in [4.78, 5) is 6.52. The largest absolute Gasteiger partial charge is 0.409 e. The molecule has 0 radical (unpaired) electrons. The van der Waals surface area contributed by atoms with Crippen LogP contribution in [-0.4, -0.2) is 42.3 Å². The number of amidine groups is 1. The maximum absolute atomic E-state index is 8.88. The molecule has 0 saturated carbocycles. The van der Waals surface area contributed by atoms with Gasteiger partial charge in [-0.25, -0.2) is 4.98 Å². The summed E-state index contributed by atoms with van der Waals surface area (Å²) in [5.41, 5.74) is 7.25. The molecule has 0 aliphatic carbocycles. The number of pyridine rings is 1. The standard InChI is InChI=1S/C14H22N4O2/c1-10-6-7-12(13(15)17-19)14(16-10)18(2)9-11-5-3-4-8-20-11/h6-7,11,19H,3-5,8-9H2,1-2H3,(H2,15,17). The van der Waals surface area contributed by atoms with Crippen molar-refractivity contribution >= 4 is 11.7 Å². The zero-order valence-corrected chi connectivity index (χ0v) is 12.0. The van der Waals surface area contributed by atoms with Gasteiger partial charge in [0.15, 0.2) is 5.84 Å². The van der Waals surface area contributed by atoms with E-state index in [4.69, 9.17) is 15.7 Å². The van der Waals surface area contributed by atoms with Gasteiger partial charge in [0.1, 0.15) is 5.82 Å². The average Bonchev–Trinajstić information content (AvgIpc) is 2.47. The van der Waals surface area contributed by atoms with E-state index in [9.17, 15) is 0 Å². The molecular formula is C14H22N4O2. The number of oxime groups is 1. The van der Waals surface area contributed by atoms with Crippen molar-refractivity contribution in [3.63, 3.8) is 0 Å². The summed E-state index contributed by atoms with van der Waals surface area (Å²) >= 11 is 0. The number of nitrogens with two attached hydrogens (primary N) is 1. The number of aryl methyl sites for hydroxylation is 1. The SMILES string of the molecule is Cc1ccc(C(N)=NO)c(N(C)CC2CCCCO2)n1. The Hall–Kier alpha value is -1.82. The van der Waals surface area contributed by atoms with Crippen LogP contribution in [0.1, 0.15) is 30.5 Å². The summed E-state index contributed by atoms with van der Waals surface area (Å²) in [6, 6.07) is 3.67. The van der Waals surface area contributed by atoms with Gasteiger partial charge < -0.3 is 20.6 Å². The minimum absolute atomic E-state index is 0.0731. The van der Waals surface area contributed by atoms with Crippen molar-refractivity contribution in [3.8, 4) is 0 Å². The molecule has 2 heterocycles. The van der Waals surface area contributed by atoms with Gasteiger partial charge in [-0.3, -0.25) is 0 Å². The molecule has 1 aliphatic rings. The van der Waals surface area contributed by atoms with E-state index in [1.165, 1.54) is 6.42 Å². The molecule has 1 saturated heterocycles. The van der Waals surface area contributed by atoms with E-state index in [0.29, 0.717) is 5.56 Å². The van der Waals surface area contributed by atoms with Crippen molar-refractivity contribution < 1.29 is 9.94 Å². The Bertz CT molecular complexity index is 484. The fourth-order valence-electron chi connectivity index (χ4n) is 2.43. The van der Waals surface area contributed by atoms with E-state index in [1.54, 1.807) is 0 Å². The van der Waals surface area contributed by atoms with Crippen LogP contribution in [0.5, 0.6) is 0 Å². The van der Waals surface area contributed by atoms with Crippen LogP contribution < -0.4 is 10.6 Å². The Balaban J connectivity index is 2.19. The molecular weight excluding hydrogens is 256 g/mol. The maximum Gasteiger partial charge on any atom is 0.173 e. The van der Waals surface area contributed by atoms with Crippen molar-refractivity contribution in [3.05, 3.63) is 23.4 Å². The Morgan fingerprint density at radius 2 is 2.35 bits per heavy atom. The Morgan fingerprint density at radius 1 is 1.55 bits per heavy atom. The third-order valence-electron chi connectivity index (χ3n) is 3.51. The first-order valence-electron chi connectivity index (χ1n) is 6.90. The van der Waals surface area contributed by atoms with Gasteiger partial charge in [-0.15, -0.1) is 0 Å². The lowest BCUT2D eigenvalue weighted by Gasteiger charge is -2.29. The summed E-state index contributed by atoms with van der Waals surface area (Å²) in [7, 11) is 1.95. The van der Waals surface area contributed by atoms with E-state index in [-0.39, 0.29) is 11.9 Å². The van der Waals surface area contributed by atoms with E-state index in [0.717, 1.165) is 37.5 Å². The van der Waals surface area contributed by atoms with Crippen LogP contribution in [0.3, 0.4) is 0 Å². The van der Waals surface area contributed by atoms with Gasteiger partial charge in [0.2, 0.25) is 0 Å². The van der Waals surface area contributed by atoms with Crippen LogP contribution in [0.4, 0.5) is 5.82 Å². The molecule has 1 atom stereocenters. The summed E-state index contributed by atoms with van der Waals surface area (Å²) in [5, 5.41) is 12.0. The molecule has 0 bridgehead atoms. The molecule has 0 spiro atoms. The average molecular weight is 278 g/mol. The number of hydrogen-bond donors (Lipinski definition) is 2. The van der Waals surface area contributed by atoms with Gasteiger partial charge >= 0.3 is 0 Å². The highest BCUT2D eigenvalue weighted by atomic mass is 16.5. The zero-order valence-electron chi connectivity index (χ0n) is 12.0. The predicted octanol–water partition coefficient (Wildman–Crippen LogP) is 1.49. The van der Waals surface area contributed by atoms with Crippen molar-refractivity contribution in [2.75, 3.05) is 25.1 Å². The van der Waals surface area contributed by atoms with E-state index in [2.05, 4.69) is 10.1 Å². The molecule has 1 fully saturated rings. The number of nitrogens with zero attached hydrogens (tertiary/aromatic N) is 3. The van der Waals surface area contributed by atoms with Crippen molar-refractivity contribution in [1.29, 1.82) is 0 Å². The van der Waals surface area contributed by atoms with Crippen LogP contribution in [0.25, 0.3) is 0 Å². The number of aromatic nitrogens is 1. The van der Waals surface area contributed by atoms with E-state index in [1.807, 2.05) is 31.0 Å². The van der Waals surface area contributed by atoms with Crippen molar-refractivity contribution in [2.24, 2.45) is 10.9 Å². The Morgan fingerprint density at radius 3 is 3.00 bits per heavy atom. The maximum atomic E-state index is 8.88. The third kappa shape index (κ3) is 3.39. The van der Waals surface area contributed by atoms with E-state index >= 15 is 0 Å². The number of rotatable bonds is 4. The Kier molecular flexibility index (Phi) is 4.79. The highest BCUT2D eigenvalue weighted by molar-refractivity contribution is 6.01. The van der Waals surface area contributed by atoms with Gasteiger partial charge in [0.25, 0.3) is 0 Å². The molecule has 2 rings (SSSR count). The summed E-state index contributed by atoms with van der Waals surface area (Å²) < 4.78 is 5.75. The quantitative estimate of drug-likeness (QED) is 0.377. The van der Waals surface area contributed by atoms with Gasteiger partial charge in [0, 0.05) is 25.9 Å². The third-order valence-corrected chi connectivity index (χ3v) is 3.51. The molecule has 6 heteroatoms.